The van der Waals surface area contributed by atoms with E-state index >= 15 is 0 Å². The summed E-state index contributed by atoms with van der Waals surface area (Å²) in [6, 6.07) is 11.2. The molecule has 0 aliphatic rings. The van der Waals surface area contributed by atoms with Crippen LogP contribution >= 0.6 is 0 Å². The molecule has 0 radical (unpaired) electrons. The molecule has 0 fully saturated rings. The summed E-state index contributed by atoms with van der Waals surface area (Å²) in [6.07, 6.45) is 0.616. The van der Waals surface area contributed by atoms with Crippen LogP contribution in [0, 0.1) is 5.92 Å². The maximum absolute atomic E-state index is 13.1. The quantitative estimate of drug-likeness (QED) is 0.597. The Hall–Kier alpha value is -2.58. The minimum absolute atomic E-state index is 0.00632. The fourth-order valence-corrected chi connectivity index (χ4v) is 4.37. The number of ether oxygens (including phenoxy) is 2. The third-order valence-electron chi connectivity index (χ3n) is 4.59. The molecule has 0 unspecified atom stereocenters. The van der Waals surface area contributed by atoms with E-state index in [4.69, 9.17) is 9.47 Å². The molecule has 0 saturated carbocycles. The number of benzene rings is 2. The van der Waals surface area contributed by atoms with E-state index in [0.29, 0.717) is 24.5 Å². The predicted octanol–water partition coefficient (Wildman–Crippen LogP) is 3.52. The molecular formula is C22H30N2O5S. The van der Waals surface area contributed by atoms with Gasteiger partial charge in [0.1, 0.15) is 11.5 Å². The molecule has 0 saturated heterocycles. The largest absolute Gasteiger partial charge is 0.497 e. The predicted molar refractivity (Wildman–Crippen MR) is 117 cm³/mol. The lowest BCUT2D eigenvalue weighted by Gasteiger charge is -2.22. The molecule has 0 spiro atoms. The highest BCUT2D eigenvalue weighted by Gasteiger charge is 2.24. The number of hydrogen-bond donors (Lipinski definition) is 2. The van der Waals surface area contributed by atoms with Crippen molar-refractivity contribution >= 4 is 15.9 Å². The molecule has 2 rings (SSSR count). The third-order valence-corrected chi connectivity index (χ3v) is 6.06. The smallest absolute Gasteiger partial charge is 0.255 e. The summed E-state index contributed by atoms with van der Waals surface area (Å²) in [4.78, 5) is 12.3. The first-order chi connectivity index (χ1) is 14.2. The Morgan fingerprint density at radius 1 is 1.03 bits per heavy atom. The van der Waals surface area contributed by atoms with Gasteiger partial charge in [-0.3, -0.25) is 4.79 Å². The fraction of sp³-hybridized carbons (Fsp3) is 0.409. The van der Waals surface area contributed by atoms with Gasteiger partial charge in [0.2, 0.25) is 10.0 Å². The summed E-state index contributed by atoms with van der Waals surface area (Å²) in [7, 11) is -0.862. The van der Waals surface area contributed by atoms with Crippen molar-refractivity contribution in [2.24, 2.45) is 5.92 Å². The molecule has 7 nitrogen and oxygen atoms in total. The van der Waals surface area contributed by atoms with Crippen LogP contribution in [0.5, 0.6) is 11.5 Å². The van der Waals surface area contributed by atoms with Gasteiger partial charge in [0.15, 0.2) is 0 Å². The molecule has 8 heteroatoms. The highest BCUT2D eigenvalue weighted by atomic mass is 32.2. The standard InChI is InChI=1S/C22H30N2O5S/c1-6-23-22(25)19-14-18(11-12-21(19)29-5)30(26,27)24-20(13-15(2)3)16-7-9-17(28-4)10-8-16/h7-12,14-15,20,24H,6,13H2,1-5H3,(H,23,25)/t20-/m0/s1. The minimum Gasteiger partial charge on any atom is -0.497 e. The van der Waals surface area contributed by atoms with Gasteiger partial charge < -0.3 is 14.8 Å². The fourth-order valence-electron chi connectivity index (χ4n) is 3.10. The first-order valence-corrected chi connectivity index (χ1v) is 11.3. The van der Waals surface area contributed by atoms with Gasteiger partial charge >= 0.3 is 0 Å². The summed E-state index contributed by atoms with van der Waals surface area (Å²) in [5, 5.41) is 2.67. The lowest BCUT2D eigenvalue weighted by Crippen LogP contribution is -2.30. The lowest BCUT2D eigenvalue weighted by atomic mass is 9.98. The second-order valence-corrected chi connectivity index (χ2v) is 9.01. The van der Waals surface area contributed by atoms with E-state index in [1.165, 1.54) is 25.3 Å². The van der Waals surface area contributed by atoms with Crippen molar-refractivity contribution < 1.29 is 22.7 Å². The maximum Gasteiger partial charge on any atom is 0.255 e. The number of methoxy groups -OCH3 is 2. The van der Waals surface area contributed by atoms with E-state index in [1.807, 2.05) is 26.0 Å². The first-order valence-electron chi connectivity index (χ1n) is 9.84. The van der Waals surface area contributed by atoms with E-state index in [-0.39, 0.29) is 22.3 Å². The number of rotatable bonds is 10. The summed E-state index contributed by atoms with van der Waals surface area (Å²) >= 11 is 0. The number of nitrogens with one attached hydrogen (secondary N) is 2. The van der Waals surface area contributed by atoms with E-state index in [2.05, 4.69) is 10.0 Å². The van der Waals surface area contributed by atoms with Gasteiger partial charge in [-0.1, -0.05) is 26.0 Å². The van der Waals surface area contributed by atoms with Crippen LogP contribution in [0.15, 0.2) is 47.4 Å². The average Bonchev–Trinajstić information content (AvgIpc) is 2.72. The molecule has 30 heavy (non-hydrogen) atoms. The van der Waals surface area contributed by atoms with Gasteiger partial charge in [-0.15, -0.1) is 0 Å². The van der Waals surface area contributed by atoms with E-state index in [1.54, 1.807) is 26.2 Å². The zero-order chi connectivity index (χ0) is 22.3. The topological polar surface area (TPSA) is 93.7 Å². The Morgan fingerprint density at radius 2 is 1.70 bits per heavy atom. The second-order valence-electron chi connectivity index (χ2n) is 7.30. The lowest BCUT2D eigenvalue weighted by molar-refractivity contribution is 0.0952. The van der Waals surface area contributed by atoms with Gasteiger partial charge in [-0.2, -0.15) is 0 Å². The molecule has 1 atom stereocenters. The molecular weight excluding hydrogens is 404 g/mol. The third kappa shape index (κ3) is 5.96. The zero-order valence-electron chi connectivity index (χ0n) is 18.1. The summed E-state index contributed by atoms with van der Waals surface area (Å²) in [5.41, 5.74) is 1.01. The molecule has 164 valence electrons. The molecule has 1 amide bonds. The molecule has 0 aliphatic heterocycles. The van der Waals surface area contributed by atoms with Crippen molar-refractivity contribution in [3.05, 3.63) is 53.6 Å². The van der Waals surface area contributed by atoms with Crippen LogP contribution in [0.3, 0.4) is 0 Å². The van der Waals surface area contributed by atoms with Crippen LogP contribution in [-0.4, -0.2) is 35.1 Å². The van der Waals surface area contributed by atoms with Crippen LogP contribution in [0.4, 0.5) is 0 Å². The maximum atomic E-state index is 13.1. The Bertz CT molecular complexity index is 956. The Balaban J connectivity index is 2.39. The Labute approximate surface area is 178 Å². The SMILES string of the molecule is CCNC(=O)c1cc(S(=O)(=O)N[C@@H](CC(C)C)c2ccc(OC)cc2)ccc1OC. The van der Waals surface area contributed by atoms with E-state index < -0.39 is 16.1 Å². The molecule has 0 bridgehead atoms. The molecule has 0 aromatic heterocycles. The number of amides is 1. The van der Waals surface area contributed by atoms with Crippen molar-refractivity contribution in [2.75, 3.05) is 20.8 Å². The zero-order valence-corrected chi connectivity index (χ0v) is 18.9. The van der Waals surface area contributed by atoms with Gasteiger partial charge in [-0.05, 0) is 55.2 Å². The Kier molecular flexibility index (Phi) is 8.25. The normalized spacial score (nSPS) is 12.5. The van der Waals surface area contributed by atoms with Crippen LogP contribution in [-0.2, 0) is 10.0 Å². The van der Waals surface area contributed by atoms with Crippen LogP contribution < -0.4 is 19.5 Å². The first kappa shape index (κ1) is 23.7. The van der Waals surface area contributed by atoms with Crippen LogP contribution in [0.2, 0.25) is 0 Å². The second kappa shape index (κ2) is 10.4. The molecule has 2 N–H and O–H groups in total. The van der Waals surface area contributed by atoms with Gasteiger partial charge in [0.05, 0.1) is 24.7 Å². The number of carbonyl (C=O) groups excluding carboxylic acids is 1. The number of carbonyl (C=O) groups is 1. The minimum atomic E-state index is -3.88. The van der Waals surface area contributed by atoms with Crippen molar-refractivity contribution in [1.29, 1.82) is 0 Å². The summed E-state index contributed by atoms with van der Waals surface area (Å²) in [5.74, 6) is 0.891. The molecule has 0 aliphatic carbocycles. The molecule has 2 aromatic carbocycles. The number of hydrogen-bond acceptors (Lipinski definition) is 5. The van der Waals surface area contributed by atoms with Gasteiger partial charge in [0.25, 0.3) is 5.91 Å². The van der Waals surface area contributed by atoms with Crippen molar-refractivity contribution in [1.82, 2.24) is 10.0 Å². The highest BCUT2D eigenvalue weighted by Crippen LogP contribution is 2.27. The summed E-state index contributed by atoms with van der Waals surface area (Å²) in [6.45, 7) is 6.28. The van der Waals surface area contributed by atoms with Crippen molar-refractivity contribution in [3.63, 3.8) is 0 Å². The van der Waals surface area contributed by atoms with Crippen LogP contribution in [0.25, 0.3) is 0 Å². The van der Waals surface area contributed by atoms with Crippen LogP contribution in [0.1, 0.15) is 49.2 Å². The average molecular weight is 435 g/mol. The van der Waals surface area contributed by atoms with Gasteiger partial charge in [-0.25, -0.2) is 13.1 Å². The highest BCUT2D eigenvalue weighted by molar-refractivity contribution is 7.89. The Morgan fingerprint density at radius 3 is 2.23 bits per heavy atom. The summed E-state index contributed by atoms with van der Waals surface area (Å²) < 4.78 is 39.5. The molecule has 2 aromatic rings. The van der Waals surface area contributed by atoms with Crippen molar-refractivity contribution in [3.8, 4) is 11.5 Å². The molecule has 0 heterocycles. The van der Waals surface area contributed by atoms with Gasteiger partial charge in [0, 0.05) is 12.6 Å². The van der Waals surface area contributed by atoms with Crippen molar-refractivity contribution in [2.45, 2.75) is 38.1 Å². The number of sulfonamides is 1. The van der Waals surface area contributed by atoms with E-state index in [9.17, 15) is 13.2 Å². The monoisotopic (exact) mass is 434 g/mol. The van der Waals surface area contributed by atoms with E-state index in [0.717, 1.165) is 5.56 Å².